The van der Waals surface area contributed by atoms with Crippen molar-refractivity contribution in [3.63, 3.8) is 0 Å². The summed E-state index contributed by atoms with van der Waals surface area (Å²) in [7, 11) is 0. The van der Waals surface area contributed by atoms with Gasteiger partial charge in [0.05, 0.1) is 5.52 Å². The molecule has 2 nitrogen and oxygen atoms in total. The fourth-order valence-electron chi connectivity index (χ4n) is 1.56. The summed E-state index contributed by atoms with van der Waals surface area (Å²) in [6, 6.07) is 7.91. The van der Waals surface area contributed by atoms with Crippen LogP contribution in [0, 0.1) is 0 Å². The van der Waals surface area contributed by atoms with Crippen molar-refractivity contribution in [2.24, 2.45) is 0 Å². The number of nitrogen functional groups attached to an aromatic ring is 1. The Morgan fingerprint density at radius 2 is 2.07 bits per heavy atom. The van der Waals surface area contributed by atoms with Crippen molar-refractivity contribution >= 4 is 32.5 Å². The first-order valence-corrected chi connectivity index (χ1v) is 5.73. The summed E-state index contributed by atoms with van der Waals surface area (Å²) in [5.74, 6) is 0.392. The van der Waals surface area contributed by atoms with Gasteiger partial charge in [-0.1, -0.05) is 26.0 Å². The van der Waals surface area contributed by atoms with Crippen LogP contribution in [0.4, 0.5) is 5.69 Å². The molecule has 0 aliphatic heterocycles. The Kier molecular flexibility index (Phi) is 2.65. The maximum atomic E-state index is 6.00. The van der Waals surface area contributed by atoms with E-state index in [1.807, 2.05) is 24.3 Å². The number of hydrogen-bond donors (Lipinski definition) is 1. The van der Waals surface area contributed by atoms with Crippen molar-refractivity contribution in [3.05, 3.63) is 34.4 Å². The minimum atomic E-state index is 0.392. The molecule has 0 spiro atoms. The highest BCUT2D eigenvalue weighted by Gasteiger charge is 2.08. The average Bonchev–Trinajstić information content (AvgIpc) is 2.19. The molecule has 1 aromatic carbocycles. The molecule has 2 rings (SSSR count). The number of para-hydroxylation sites is 1. The van der Waals surface area contributed by atoms with E-state index in [-0.39, 0.29) is 0 Å². The maximum Gasteiger partial charge on any atom is 0.0868 e. The third-order valence-electron chi connectivity index (χ3n) is 2.43. The topological polar surface area (TPSA) is 38.9 Å². The Bertz CT molecular complexity index is 506. The third-order valence-corrected chi connectivity index (χ3v) is 3.07. The Labute approximate surface area is 97.6 Å². The molecule has 78 valence electrons. The quantitative estimate of drug-likeness (QED) is 0.853. The number of nitrogens with two attached hydrogens (primary N) is 1. The van der Waals surface area contributed by atoms with Crippen molar-refractivity contribution in [3.8, 4) is 0 Å². The molecule has 0 aliphatic carbocycles. The second kappa shape index (κ2) is 3.81. The van der Waals surface area contributed by atoms with Crippen molar-refractivity contribution < 1.29 is 0 Å². The highest BCUT2D eigenvalue weighted by molar-refractivity contribution is 9.10. The minimum absolute atomic E-state index is 0.392. The Balaban J connectivity index is 2.80. The van der Waals surface area contributed by atoms with Gasteiger partial charge in [0.2, 0.25) is 0 Å². The van der Waals surface area contributed by atoms with Gasteiger partial charge >= 0.3 is 0 Å². The predicted molar refractivity (Wildman–Crippen MR) is 67.9 cm³/mol. The van der Waals surface area contributed by atoms with Crippen molar-refractivity contribution in [2.45, 2.75) is 19.8 Å². The van der Waals surface area contributed by atoms with E-state index in [4.69, 9.17) is 5.73 Å². The van der Waals surface area contributed by atoms with Gasteiger partial charge in [-0.15, -0.1) is 0 Å². The first-order valence-electron chi connectivity index (χ1n) is 4.94. The van der Waals surface area contributed by atoms with Gasteiger partial charge in [-0.25, -0.2) is 0 Å². The van der Waals surface area contributed by atoms with E-state index in [9.17, 15) is 0 Å². The van der Waals surface area contributed by atoms with Gasteiger partial charge in [-0.3, -0.25) is 4.98 Å². The molecule has 0 aliphatic rings. The molecular weight excluding hydrogens is 252 g/mol. The van der Waals surface area contributed by atoms with Gasteiger partial charge in [-0.05, 0) is 34.0 Å². The lowest BCUT2D eigenvalue weighted by Crippen LogP contribution is -1.97. The fraction of sp³-hybridized carbons (Fsp3) is 0.250. The lowest BCUT2D eigenvalue weighted by molar-refractivity contribution is 0.830. The predicted octanol–water partition coefficient (Wildman–Crippen LogP) is 3.70. The van der Waals surface area contributed by atoms with Gasteiger partial charge in [0.25, 0.3) is 0 Å². The van der Waals surface area contributed by atoms with E-state index in [1.165, 1.54) is 0 Å². The highest BCUT2D eigenvalue weighted by atomic mass is 79.9. The SMILES string of the molecule is CC(C)c1cc(N)c2cccc(Br)c2n1. The zero-order chi connectivity index (χ0) is 11.0. The third kappa shape index (κ3) is 1.84. The molecule has 0 unspecified atom stereocenters. The number of halogens is 1. The normalized spacial score (nSPS) is 11.2. The number of rotatable bonds is 1. The van der Waals surface area contributed by atoms with Crippen LogP contribution in [0.25, 0.3) is 10.9 Å². The van der Waals surface area contributed by atoms with Crippen molar-refractivity contribution in [2.75, 3.05) is 5.73 Å². The summed E-state index contributed by atoms with van der Waals surface area (Å²) < 4.78 is 0.995. The van der Waals surface area contributed by atoms with Crippen LogP contribution in [-0.4, -0.2) is 4.98 Å². The number of anilines is 1. The largest absolute Gasteiger partial charge is 0.398 e. The van der Waals surface area contributed by atoms with Crippen LogP contribution in [0.5, 0.6) is 0 Å². The number of aromatic nitrogens is 1. The molecule has 15 heavy (non-hydrogen) atoms. The molecule has 0 atom stereocenters. The molecule has 1 aromatic heterocycles. The summed E-state index contributed by atoms with van der Waals surface area (Å²) >= 11 is 3.50. The molecule has 2 aromatic rings. The van der Waals surface area contributed by atoms with Crippen LogP contribution in [-0.2, 0) is 0 Å². The van der Waals surface area contributed by atoms with E-state index >= 15 is 0 Å². The number of pyridine rings is 1. The summed E-state index contributed by atoms with van der Waals surface area (Å²) in [6.45, 7) is 4.23. The van der Waals surface area contributed by atoms with Crippen molar-refractivity contribution in [1.29, 1.82) is 0 Å². The smallest absolute Gasteiger partial charge is 0.0868 e. The number of fused-ring (bicyclic) bond motifs is 1. The molecule has 3 heteroatoms. The number of nitrogens with zero attached hydrogens (tertiary/aromatic N) is 1. The molecule has 0 saturated carbocycles. The molecule has 0 fully saturated rings. The summed E-state index contributed by atoms with van der Waals surface area (Å²) in [4.78, 5) is 4.61. The molecule has 0 amide bonds. The van der Waals surface area contributed by atoms with E-state index in [0.717, 1.165) is 26.8 Å². The Morgan fingerprint density at radius 3 is 2.73 bits per heavy atom. The van der Waals surface area contributed by atoms with E-state index < -0.39 is 0 Å². The van der Waals surface area contributed by atoms with Gasteiger partial charge in [-0.2, -0.15) is 0 Å². The highest BCUT2D eigenvalue weighted by Crippen LogP contribution is 2.28. The lowest BCUT2D eigenvalue weighted by atomic mass is 10.1. The molecule has 0 saturated heterocycles. The average molecular weight is 265 g/mol. The van der Waals surface area contributed by atoms with Crippen molar-refractivity contribution in [1.82, 2.24) is 4.98 Å². The Morgan fingerprint density at radius 1 is 1.33 bits per heavy atom. The van der Waals surface area contributed by atoms with E-state index in [1.54, 1.807) is 0 Å². The molecular formula is C12H13BrN2. The van der Waals surface area contributed by atoms with Gasteiger partial charge < -0.3 is 5.73 Å². The first-order chi connectivity index (χ1) is 7.09. The number of benzene rings is 1. The van der Waals surface area contributed by atoms with Crippen LogP contribution in [0.15, 0.2) is 28.7 Å². The summed E-state index contributed by atoms with van der Waals surface area (Å²) in [5.41, 5.74) is 8.78. The first kappa shape index (κ1) is 10.4. The van der Waals surface area contributed by atoms with Crippen LogP contribution >= 0.6 is 15.9 Å². The maximum absolute atomic E-state index is 6.00. The molecule has 0 bridgehead atoms. The van der Waals surface area contributed by atoms with Crippen LogP contribution in [0.2, 0.25) is 0 Å². The molecule has 2 N–H and O–H groups in total. The standard InChI is InChI=1S/C12H13BrN2/c1-7(2)11-6-10(14)8-4-3-5-9(13)12(8)15-11/h3-7H,1-2H3,(H2,14,15). The zero-order valence-electron chi connectivity index (χ0n) is 8.79. The molecule has 0 radical (unpaired) electrons. The monoisotopic (exact) mass is 264 g/mol. The fourth-order valence-corrected chi connectivity index (χ4v) is 2.01. The van der Waals surface area contributed by atoms with Crippen LogP contribution < -0.4 is 5.73 Å². The van der Waals surface area contributed by atoms with E-state index in [2.05, 4.69) is 34.8 Å². The second-order valence-electron chi connectivity index (χ2n) is 3.93. The second-order valence-corrected chi connectivity index (χ2v) is 4.78. The summed E-state index contributed by atoms with van der Waals surface area (Å²) in [5, 5.41) is 1.01. The number of hydrogen-bond acceptors (Lipinski definition) is 2. The van der Waals surface area contributed by atoms with Crippen LogP contribution in [0.3, 0.4) is 0 Å². The lowest BCUT2D eigenvalue weighted by Gasteiger charge is -2.09. The van der Waals surface area contributed by atoms with E-state index in [0.29, 0.717) is 5.92 Å². The van der Waals surface area contributed by atoms with Gasteiger partial charge in [0.15, 0.2) is 0 Å². The zero-order valence-corrected chi connectivity index (χ0v) is 10.4. The Hall–Kier alpha value is -1.09. The van der Waals surface area contributed by atoms with Gasteiger partial charge in [0.1, 0.15) is 0 Å². The van der Waals surface area contributed by atoms with Gasteiger partial charge in [0, 0.05) is 21.2 Å². The molecule has 1 heterocycles. The van der Waals surface area contributed by atoms with Crippen LogP contribution in [0.1, 0.15) is 25.5 Å². The minimum Gasteiger partial charge on any atom is -0.398 e. The summed E-state index contributed by atoms with van der Waals surface area (Å²) in [6.07, 6.45) is 0.